The van der Waals surface area contributed by atoms with Gasteiger partial charge in [-0.2, -0.15) is 0 Å². The lowest BCUT2D eigenvalue weighted by Gasteiger charge is -2.12. The van der Waals surface area contributed by atoms with Gasteiger partial charge in [0.15, 0.2) is 0 Å². The lowest BCUT2D eigenvalue weighted by Crippen LogP contribution is -2.39. The Balaban J connectivity index is 2.29. The summed E-state index contributed by atoms with van der Waals surface area (Å²) in [7, 11) is 1.01. The minimum atomic E-state index is -2.28. The Morgan fingerprint density at radius 2 is 2.00 bits per heavy atom. The number of alkyl halides is 2. The monoisotopic (exact) mass is 243 g/mol. The van der Waals surface area contributed by atoms with Crippen molar-refractivity contribution in [1.82, 2.24) is 5.32 Å². The molecule has 94 valence electrons. The smallest absolute Gasteiger partial charge is 0.260 e. The molecule has 1 amide bonds. The first kappa shape index (κ1) is 13.6. The number of rotatable bonds is 6. The Bertz CT molecular complexity index is 346. The molecule has 0 radical (unpaired) electrons. The molecule has 0 saturated heterocycles. The third-order valence-corrected chi connectivity index (χ3v) is 2.26. The topological polar surface area (TPSA) is 38.3 Å². The summed E-state index contributed by atoms with van der Waals surface area (Å²) >= 11 is 0. The van der Waals surface area contributed by atoms with E-state index in [4.69, 9.17) is 0 Å². The van der Waals surface area contributed by atoms with Crippen LogP contribution in [0.5, 0.6) is 0 Å². The highest BCUT2D eigenvalue weighted by molar-refractivity contribution is 5.81. The molecule has 5 heteroatoms. The molecular formula is C12H15F2NO2. The summed E-state index contributed by atoms with van der Waals surface area (Å²) in [5.74, 6) is -0.990. The molecule has 2 unspecified atom stereocenters. The molecular weight excluding hydrogens is 228 g/mol. The van der Waals surface area contributed by atoms with Crippen LogP contribution in [0.4, 0.5) is 8.78 Å². The van der Waals surface area contributed by atoms with E-state index < -0.39 is 18.4 Å². The van der Waals surface area contributed by atoms with E-state index in [0.29, 0.717) is 6.42 Å². The molecule has 0 saturated carbocycles. The van der Waals surface area contributed by atoms with Gasteiger partial charge in [0.2, 0.25) is 12.5 Å². The molecule has 1 aromatic carbocycles. The van der Waals surface area contributed by atoms with Crippen molar-refractivity contribution in [1.29, 1.82) is 0 Å². The Hall–Kier alpha value is -1.49. The third-order valence-electron chi connectivity index (χ3n) is 2.26. The number of hydrogen-bond donors (Lipinski definition) is 1. The minimum Gasteiger partial charge on any atom is -0.353 e. The van der Waals surface area contributed by atoms with E-state index in [1.165, 1.54) is 0 Å². The molecule has 0 aliphatic heterocycles. The fourth-order valence-electron chi connectivity index (χ4n) is 1.31. The molecule has 0 bridgehead atoms. The molecule has 0 aliphatic rings. The van der Waals surface area contributed by atoms with Gasteiger partial charge in [-0.1, -0.05) is 30.3 Å². The van der Waals surface area contributed by atoms with Gasteiger partial charge in [-0.25, -0.2) is 8.78 Å². The van der Waals surface area contributed by atoms with Crippen LogP contribution in [0.2, 0.25) is 0 Å². The molecule has 17 heavy (non-hydrogen) atoms. The Morgan fingerprint density at radius 3 is 2.59 bits per heavy atom. The van der Waals surface area contributed by atoms with E-state index in [1.54, 1.807) is 0 Å². The van der Waals surface area contributed by atoms with E-state index in [1.807, 2.05) is 30.3 Å². The zero-order chi connectivity index (χ0) is 12.7. The molecule has 0 fully saturated rings. The van der Waals surface area contributed by atoms with Gasteiger partial charge in [-0.15, -0.1) is 0 Å². The van der Waals surface area contributed by atoms with Crippen LogP contribution in [0.15, 0.2) is 30.3 Å². The first-order chi connectivity index (χ1) is 8.15. The number of carbonyl (C=O) groups is 1. The average molecular weight is 243 g/mol. The standard InChI is InChI=1S/C12H15F2NO2/c1-17-11(14)10(13)12(16)15-8-7-9-5-3-2-4-6-9/h2-6,10-11H,7-8H2,1H3,(H,15,16). The summed E-state index contributed by atoms with van der Waals surface area (Å²) in [6.07, 6.45) is -3.93. The lowest BCUT2D eigenvalue weighted by molar-refractivity contribution is -0.138. The van der Waals surface area contributed by atoms with Crippen LogP contribution in [0.25, 0.3) is 0 Å². The highest BCUT2D eigenvalue weighted by Crippen LogP contribution is 2.05. The second kappa shape index (κ2) is 6.96. The van der Waals surface area contributed by atoms with E-state index >= 15 is 0 Å². The van der Waals surface area contributed by atoms with Gasteiger partial charge < -0.3 is 10.1 Å². The van der Waals surface area contributed by atoms with Crippen LogP contribution in [0.3, 0.4) is 0 Å². The van der Waals surface area contributed by atoms with Crippen molar-refractivity contribution >= 4 is 5.91 Å². The summed E-state index contributed by atoms with van der Waals surface area (Å²) in [6.45, 7) is 0.264. The van der Waals surface area contributed by atoms with Crippen LogP contribution >= 0.6 is 0 Å². The van der Waals surface area contributed by atoms with Gasteiger partial charge in [0, 0.05) is 13.7 Å². The second-order valence-corrected chi connectivity index (χ2v) is 3.52. The van der Waals surface area contributed by atoms with Gasteiger partial charge in [0.05, 0.1) is 0 Å². The van der Waals surface area contributed by atoms with E-state index in [2.05, 4.69) is 10.1 Å². The Labute approximate surface area is 98.8 Å². The van der Waals surface area contributed by atoms with Gasteiger partial charge >= 0.3 is 0 Å². The molecule has 0 aromatic heterocycles. The molecule has 0 aliphatic carbocycles. The van der Waals surface area contributed by atoms with Gasteiger partial charge in [-0.05, 0) is 12.0 Å². The lowest BCUT2D eigenvalue weighted by atomic mass is 10.1. The number of methoxy groups -OCH3 is 1. The maximum Gasteiger partial charge on any atom is 0.260 e. The second-order valence-electron chi connectivity index (χ2n) is 3.52. The predicted molar refractivity (Wildman–Crippen MR) is 60.0 cm³/mol. The first-order valence-electron chi connectivity index (χ1n) is 5.27. The SMILES string of the molecule is COC(F)C(F)C(=O)NCCc1ccccc1. The van der Waals surface area contributed by atoms with Crippen molar-refractivity contribution in [3.63, 3.8) is 0 Å². The first-order valence-corrected chi connectivity index (χ1v) is 5.27. The number of amides is 1. The van der Waals surface area contributed by atoms with Gasteiger partial charge in [-0.3, -0.25) is 4.79 Å². The maximum atomic E-state index is 13.0. The van der Waals surface area contributed by atoms with Gasteiger partial charge in [0.25, 0.3) is 5.91 Å². The van der Waals surface area contributed by atoms with Crippen LogP contribution in [-0.4, -0.2) is 32.1 Å². The highest BCUT2D eigenvalue weighted by atomic mass is 19.2. The summed E-state index contributed by atoms with van der Waals surface area (Å²) in [4.78, 5) is 11.1. The Morgan fingerprint density at radius 1 is 1.35 bits per heavy atom. The zero-order valence-corrected chi connectivity index (χ0v) is 9.53. The normalized spacial score (nSPS) is 14.1. The Kier molecular flexibility index (Phi) is 5.56. The number of halogens is 2. The summed E-state index contributed by atoms with van der Waals surface area (Å²) in [5, 5.41) is 2.31. The van der Waals surface area contributed by atoms with E-state index in [-0.39, 0.29) is 6.54 Å². The van der Waals surface area contributed by atoms with E-state index in [9.17, 15) is 13.6 Å². The molecule has 3 nitrogen and oxygen atoms in total. The van der Waals surface area contributed by atoms with Crippen LogP contribution in [-0.2, 0) is 16.0 Å². The minimum absolute atomic E-state index is 0.264. The maximum absolute atomic E-state index is 13.0. The molecule has 2 atom stereocenters. The average Bonchev–Trinajstić information content (AvgIpc) is 2.38. The highest BCUT2D eigenvalue weighted by Gasteiger charge is 2.27. The number of nitrogens with one attached hydrogen (secondary N) is 1. The number of carbonyl (C=O) groups excluding carboxylic acids is 1. The van der Waals surface area contributed by atoms with Crippen molar-refractivity contribution in [3.05, 3.63) is 35.9 Å². The number of benzene rings is 1. The molecule has 1 rings (SSSR count). The number of hydrogen-bond acceptors (Lipinski definition) is 2. The van der Waals surface area contributed by atoms with Crippen molar-refractivity contribution in [2.75, 3.05) is 13.7 Å². The quantitative estimate of drug-likeness (QED) is 0.824. The summed E-state index contributed by atoms with van der Waals surface area (Å²) < 4.78 is 29.8. The van der Waals surface area contributed by atoms with Crippen molar-refractivity contribution in [3.8, 4) is 0 Å². The predicted octanol–water partition coefficient (Wildman–Crippen LogP) is 1.63. The zero-order valence-electron chi connectivity index (χ0n) is 9.53. The van der Waals surface area contributed by atoms with Gasteiger partial charge in [0.1, 0.15) is 0 Å². The van der Waals surface area contributed by atoms with Crippen molar-refractivity contribution in [2.24, 2.45) is 0 Å². The molecule has 1 aromatic rings. The van der Waals surface area contributed by atoms with Crippen molar-refractivity contribution < 1.29 is 18.3 Å². The molecule has 1 N–H and O–H groups in total. The van der Waals surface area contributed by atoms with Crippen LogP contribution < -0.4 is 5.32 Å². The molecule has 0 heterocycles. The van der Waals surface area contributed by atoms with Crippen LogP contribution in [0, 0.1) is 0 Å². The summed E-state index contributed by atoms with van der Waals surface area (Å²) in [5.41, 5.74) is 1.02. The number of ether oxygens (including phenoxy) is 1. The fraction of sp³-hybridized carbons (Fsp3) is 0.417. The van der Waals surface area contributed by atoms with Crippen molar-refractivity contribution in [2.45, 2.75) is 19.0 Å². The van der Waals surface area contributed by atoms with Crippen LogP contribution in [0.1, 0.15) is 5.56 Å². The van der Waals surface area contributed by atoms with E-state index in [0.717, 1.165) is 12.7 Å². The fourth-order valence-corrected chi connectivity index (χ4v) is 1.31. The molecule has 0 spiro atoms. The third kappa shape index (κ3) is 4.48. The largest absolute Gasteiger partial charge is 0.353 e. The summed E-state index contributed by atoms with van der Waals surface area (Å²) in [6, 6.07) is 9.42.